The molecule has 2 N–H and O–H groups in total. The molecule has 4 nitrogen and oxygen atoms in total. The van der Waals surface area contributed by atoms with E-state index in [0.29, 0.717) is 5.92 Å². The Morgan fingerprint density at radius 3 is 2.48 bits per heavy atom. The van der Waals surface area contributed by atoms with Crippen LogP contribution >= 0.6 is 0 Å². The minimum atomic E-state index is -0.273. The summed E-state index contributed by atoms with van der Waals surface area (Å²) in [6.07, 6.45) is 0.726. The number of nitrogens with one attached hydrogen (secondary N) is 1. The van der Waals surface area contributed by atoms with Crippen molar-refractivity contribution in [2.75, 3.05) is 6.54 Å². The zero-order valence-corrected chi connectivity index (χ0v) is 14.7. The monoisotopic (exact) mass is 336 g/mol. The van der Waals surface area contributed by atoms with Gasteiger partial charge in [0.1, 0.15) is 6.54 Å². The van der Waals surface area contributed by atoms with Gasteiger partial charge >= 0.3 is 0 Å². The number of aliphatic hydroxyl groups excluding tert-OH is 1. The van der Waals surface area contributed by atoms with Crippen LogP contribution in [-0.2, 0) is 11.4 Å². The zero-order chi connectivity index (χ0) is 18.2. The maximum absolute atomic E-state index is 12.5. The van der Waals surface area contributed by atoms with Crippen LogP contribution in [0.1, 0.15) is 37.3 Å². The molecule has 2 rings (SSSR count). The van der Waals surface area contributed by atoms with E-state index >= 15 is 0 Å². The van der Waals surface area contributed by atoms with Crippen molar-refractivity contribution in [1.82, 2.24) is 5.32 Å². The van der Waals surface area contributed by atoms with Gasteiger partial charge in [0, 0.05) is 0 Å². The molecule has 2 aromatic rings. The molecule has 0 unspecified atom stereocenters. The van der Waals surface area contributed by atoms with E-state index in [1.54, 1.807) is 0 Å². The maximum Gasteiger partial charge on any atom is 0.228 e. The number of aliphatic hydroxyl groups is 1. The highest BCUT2D eigenvalue weighted by Crippen LogP contribution is 2.28. The number of rotatable bonds is 7. The van der Waals surface area contributed by atoms with Crippen molar-refractivity contribution in [2.24, 2.45) is 5.92 Å². The molecule has 0 aromatic heterocycles. The average molecular weight is 336 g/mol. The Labute approximate surface area is 149 Å². The van der Waals surface area contributed by atoms with Gasteiger partial charge in [0.25, 0.3) is 0 Å². The fraction of sp³-hybridized carbons (Fsp3) is 0.333. The molecule has 2 aromatic carbocycles. The molecule has 0 aliphatic carbocycles. The largest absolute Gasteiger partial charge is 0.392 e. The molecule has 130 valence electrons. The molecule has 0 aliphatic heterocycles. The topological polar surface area (TPSA) is 73.1 Å². The number of benzene rings is 2. The van der Waals surface area contributed by atoms with Crippen molar-refractivity contribution < 1.29 is 9.90 Å². The summed E-state index contributed by atoms with van der Waals surface area (Å²) in [6.45, 7) is 4.22. The first-order valence-electron chi connectivity index (χ1n) is 8.50. The lowest BCUT2D eigenvalue weighted by Crippen LogP contribution is -2.30. The summed E-state index contributed by atoms with van der Waals surface area (Å²) in [5.41, 5.74) is 3.89. The van der Waals surface area contributed by atoms with E-state index in [-0.39, 0.29) is 25.0 Å². The van der Waals surface area contributed by atoms with Gasteiger partial charge in [-0.2, -0.15) is 5.26 Å². The summed E-state index contributed by atoms with van der Waals surface area (Å²) < 4.78 is 0. The fourth-order valence-corrected chi connectivity index (χ4v) is 2.85. The highest BCUT2D eigenvalue weighted by molar-refractivity contribution is 5.84. The van der Waals surface area contributed by atoms with Crippen molar-refractivity contribution in [3.05, 3.63) is 59.7 Å². The SMILES string of the molecule is CC(C)C[C@@H](C(=O)NCC#N)c1cccc(-c2ccc(CO)cc2)c1. The van der Waals surface area contributed by atoms with Gasteiger partial charge in [0.15, 0.2) is 0 Å². The van der Waals surface area contributed by atoms with E-state index in [1.165, 1.54) is 0 Å². The van der Waals surface area contributed by atoms with Crippen molar-refractivity contribution in [2.45, 2.75) is 32.8 Å². The Hall–Kier alpha value is -2.64. The van der Waals surface area contributed by atoms with Gasteiger partial charge in [0.05, 0.1) is 18.6 Å². The Bertz CT molecular complexity index is 745. The number of carbonyl (C=O) groups is 1. The van der Waals surface area contributed by atoms with Crippen LogP contribution in [0.5, 0.6) is 0 Å². The first kappa shape index (κ1) is 18.7. The van der Waals surface area contributed by atoms with E-state index in [9.17, 15) is 4.79 Å². The Morgan fingerprint density at radius 2 is 1.88 bits per heavy atom. The van der Waals surface area contributed by atoms with Gasteiger partial charge in [-0.25, -0.2) is 0 Å². The van der Waals surface area contributed by atoms with Crippen LogP contribution in [0.25, 0.3) is 11.1 Å². The lowest BCUT2D eigenvalue weighted by molar-refractivity contribution is -0.122. The summed E-state index contributed by atoms with van der Waals surface area (Å²) in [4.78, 5) is 12.5. The predicted molar refractivity (Wildman–Crippen MR) is 98.6 cm³/mol. The summed E-state index contributed by atoms with van der Waals surface area (Å²) in [6, 6.07) is 17.6. The third-order valence-corrected chi connectivity index (χ3v) is 4.12. The van der Waals surface area contributed by atoms with Crippen molar-refractivity contribution in [3.8, 4) is 17.2 Å². The van der Waals surface area contributed by atoms with E-state index in [4.69, 9.17) is 10.4 Å². The summed E-state index contributed by atoms with van der Waals surface area (Å²) in [7, 11) is 0. The summed E-state index contributed by atoms with van der Waals surface area (Å²) in [5, 5.41) is 20.5. The highest BCUT2D eigenvalue weighted by atomic mass is 16.3. The molecule has 0 radical (unpaired) electrons. The molecule has 0 saturated carbocycles. The molecular weight excluding hydrogens is 312 g/mol. The van der Waals surface area contributed by atoms with Crippen LogP contribution in [0.3, 0.4) is 0 Å². The van der Waals surface area contributed by atoms with Gasteiger partial charge in [0.2, 0.25) is 5.91 Å². The van der Waals surface area contributed by atoms with E-state index in [2.05, 4.69) is 19.2 Å². The number of nitriles is 1. The number of carbonyl (C=O) groups excluding carboxylic acids is 1. The first-order chi connectivity index (χ1) is 12.0. The Kier molecular flexibility index (Phi) is 6.73. The highest BCUT2D eigenvalue weighted by Gasteiger charge is 2.22. The van der Waals surface area contributed by atoms with Crippen LogP contribution < -0.4 is 5.32 Å². The Balaban J connectivity index is 2.31. The second-order valence-electron chi connectivity index (χ2n) is 6.54. The number of amides is 1. The van der Waals surface area contributed by atoms with Crippen LogP contribution in [0.2, 0.25) is 0 Å². The maximum atomic E-state index is 12.5. The molecular formula is C21H24N2O2. The fourth-order valence-electron chi connectivity index (χ4n) is 2.85. The second kappa shape index (κ2) is 9.00. The van der Waals surface area contributed by atoms with Gasteiger partial charge in [-0.05, 0) is 34.6 Å². The molecule has 4 heteroatoms. The number of nitrogens with zero attached hydrogens (tertiary/aromatic N) is 1. The zero-order valence-electron chi connectivity index (χ0n) is 14.7. The van der Waals surface area contributed by atoms with Gasteiger partial charge in [-0.1, -0.05) is 62.4 Å². The lowest BCUT2D eigenvalue weighted by Gasteiger charge is -2.19. The van der Waals surface area contributed by atoms with Crippen LogP contribution in [-0.4, -0.2) is 17.6 Å². The van der Waals surface area contributed by atoms with Crippen molar-refractivity contribution >= 4 is 5.91 Å². The molecule has 0 bridgehead atoms. The molecule has 0 fully saturated rings. The molecule has 0 saturated heterocycles. The smallest absolute Gasteiger partial charge is 0.228 e. The predicted octanol–water partition coefficient (Wildman–Crippen LogP) is 3.62. The van der Waals surface area contributed by atoms with Gasteiger partial charge in [-0.15, -0.1) is 0 Å². The van der Waals surface area contributed by atoms with Crippen LogP contribution in [0.15, 0.2) is 48.5 Å². The lowest BCUT2D eigenvalue weighted by atomic mass is 9.88. The number of hydrogen-bond donors (Lipinski definition) is 2. The van der Waals surface area contributed by atoms with E-state index < -0.39 is 0 Å². The Morgan fingerprint density at radius 1 is 1.16 bits per heavy atom. The first-order valence-corrected chi connectivity index (χ1v) is 8.50. The number of hydrogen-bond acceptors (Lipinski definition) is 3. The summed E-state index contributed by atoms with van der Waals surface area (Å²) in [5.74, 6) is -0.0154. The quantitative estimate of drug-likeness (QED) is 0.759. The average Bonchev–Trinajstić information content (AvgIpc) is 2.64. The molecule has 25 heavy (non-hydrogen) atoms. The standard InChI is InChI=1S/C21H24N2O2/c1-15(2)12-20(21(25)23-11-10-22)19-5-3-4-18(13-19)17-8-6-16(14-24)7-9-17/h3-9,13,15,20,24H,11-12,14H2,1-2H3,(H,23,25)/t20-/m1/s1. The summed E-state index contributed by atoms with van der Waals surface area (Å²) >= 11 is 0. The minimum absolute atomic E-state index is 0.0236. The minimum Gasteiger partial charge on any atom is -0.392 e. The normalized spacial score (nSPS) is 11.8. The molecule has 0 aliphatic rings. The second-order valence-corrected chi connectivity index (χ2v) is 6.54. The third-order valence-electron chi connectivity index (χ3n) is 4.12. The van der Waals surface area contributed by atoms with Crippen LogP contribution in [0.4, 0.5) is 0 Å². The molecule has 1 atom stereocenters. The third kappa shape index (κ3) is 5.17. The molecule has 1 amide bonds. The van der Waals surface area contributed by atoms with Crippen LogP contribution in [0, 0.1) is 17.2 Å². The van der Waals surface area contributed by atoms with E-state index in [1.807, 2.05) is 54.6 Å². The molecule has 0 heterocycles. The molecule has 0 spiro atoms. The van der Waals surface area contributed by atoms with Gasteiger partial charge < -0.3 is 10.4 Å². The van der Waals surface area contributed by atoms with Crippen molar-refractivity contribution in [1.29, 1.82) is 5.26 Å². The van der Waals surface area contributed by atoms with Crippen molar-refractivity contribution in [3.63, 3.8) is 0 Å². The van der Waals surface area contributed by atoms with Gasteiger partial charge in [-0.3, -0.25) is 4.79 Å². The van der Waals surface area contributed by atoms with E-state index in [0.717, 1.165) is 28.7 Å².